The standard InChI is InChI=1S/C23H25FN10O2/c1-15-9-19(28-20-10-16(2)30-31-20)29-23(27-15)33-7-5-32(6-8-33)22(35)14-36-18-3-4-21(25-12-18)34-13-17(24)11-26-34/h3-4,9-13H,5-8,14H2,1-2H3,(H2,27,28,29,30,31). The van der Waals surface area contributed by atoms with Crippen LogP contribution in [0, 0.1) is 19.7 Å². The van der Waals surface area contributed by atoms with Crippen LogP contribution >= 0.6 is 0 Å². The van der Waals surface area contributed by atoms with Gasteiger partial charge in [0.05, 0.1) is 18.6 Å². The first-order valence-corrected chi connectivity index (χ1v) is 11.4. The molecule has 12 nitrogen and oxygen atoms in total. The van der Waals surface area contributed by atoms with Crippen LogP contribution in [0.2, 0.25) is 0 Å². The van der Waals surface area contributed by atoms with Gasteiger partial charge in [-0.1, -0.05) is 0 Å². The number of aromatic amines is 1. The molecule has 0 radical (unpaired) electrons. The third-order valence-corrected chi connectivity index (χ3v) is 5.59. The lowest BCUT2D eigenvalue weighted by Gasteiger charge is -2.34. The number of anilines is 3. The summed E-state index contributed by atoms with van der Waals surface area (Å²) in [5.41, 5.74) is 1.78. The number of piperazine rings is 1. The van der Waals surface area contributed by atoms with Crippen molar-refractivity contribution in [1.82, 2.24) is 39.8 Å². The van der Waals surface area contributed by atoms with Crippen molar-refractivity contribution in [2.75, 3.05) is 43.0 Å². The average Bonchev–Trinajstić information content (AvgIpc) is 3.50. The first kappa shape index (κ1) is 23.2. The van der Waals surface area contributed by atoms with Crippen molar-refractivity contribution in [1.29, 1.82) is 0 Å². The van der Waals surface area contributed by atoms with E-state index in [2.05, 4.69) is 40.5 Å². The maximum Gasteiger partial charge on any atom is 0.260 e. The van der Waals surface area contributed by atoms with Crippen molar-refractivity contribution < 1.29 is 13.9 Å². The Hall–Kier alpha value is -4.55. The molecule has 1 amide bonds. The number of carbonyl (C=O) groups excluding carboxylic acids is 1. The quantitative estimate of drug-likeness (QED) is 0.398. The second kappa shape index (κ2) is 9.98. The minimum absolute atomic E-state index is 0.102. The Morgan fingerprint density at radius 3 is 2.61 bits per heavy atom. The van der Waals surface area contributed by atoms with Crippen LogP contribution in [0.25, 0.3) is 5.82 Å². The molecule has 13 heteroatoms. The highest BCUT2D eigenvalue weighted by atomic mass is 19.1. The summed E-state index contributed by atoms with van der Waals surface area (Å²) < 4.78 is 20.0. The van der Waals surface area contributed by atoms with Crippen molar-refractivity contribution in [3.8, 4) is 11.6 Å². The Bertz CT molecular complexity index is 1350. The monoisotopic (exact) mass is 492 g/mol. The van der Waals surface area contributed by atoms with E-state index in [1.165, 1.54) is 17.1 Å². The molecule has 0 spiro atoms. The van der Waals surface area contributed by atoms with Crippen molar-refractivity contribution in [2.45, 2.75) is 13.8 Å². The van der Waals surface area contributed by atoms with Gasteiger partial charge in [0, 0.05) is 49.7 Å². The topological polar surface area (TPSA) is 130 Å². The molecule has 1 fully saturated rings. The van der Waals surface area contributed by atoms with Crippen LogP contribution in [0.3, 0.4) is 0 Å². The Morgan fingerprint density at radius 2 is 1.94 bits per heavy atom. The van der Waals surface area contributed by atoms with Crippen LogP contribution < -0.4 is 15.0 Å². The second-order valence-electron chi connectivity index (χ2n) is 8.37. The fraction of sp³-hybridized carbons (Fsp3) is 0.304. The molecule has 36 heavy (non-hydrogen) atoms. The number of carbonyl (C=O) groups is 1. The Morgan fingerprint density at radius 1 is 1.11 bits per heavy atom. The van der Waals surface area contributed by atoms with Crippen molar-refractivity contribution >= 4 is 23.5 Å². The van der Waals surface area contributed by atoms with Gasteiger partial charge in [0.1, 0.15) is 11.6 Å². The van der Waals surface area contributed by atoms with Gasteiger partial charge in [0.2, 0.25) is 5.95 Å². The van der Waals surface area contributed by atoms with Crippen molar-refractivity contribution in [2.24, 2.45) is 0 Å². The van der Waals surface area contributed by atoms with E-state index in [0.29, 0.717) is 55.3 Å². The average molecular weight is 493 g/mol. The summed E-state index contributed by atoms with van der Waals surface area (Å²) >= 11 is 0. The Labute approximate surface area is 206 Å². The van der Waals surface area contributed by atoms with E-state index >= 15 is 0 Å². The smallest absolute Gasteiger partial charge is 0.260 e. The van der Waals surface area contributed by atoms with Crippen LogP contribution in [0.1, 0.15) is 11.4 Å². The molecule has 0 atom stereocenters. The molecule has 4 aromatic rings. The molecule has 4 aromatic heterocycles. The number of aromatic nitrogens is 7. The number of ether oxygens (including phenoxy) is 1. The van der Waals surface area contributed by atoms with Gasteiger partial charge >= 0.3 is 0 Å². The molecule has 0 aromatic carbocycles. The number of halogens is 1. The highest BCUT2D eigenvalue weighted by molar-refractivity contribution is 5.78. The zero-order valence-corrected chi connectivity index (χ0v) is 19.8. The zero-order chi connectivity index (χ0) is 25.1. The summed E-state index contributed by atoms with van der Waals surface area (Å²) in [5, 5.41) is 14.1. The lowest BCUT2D eigenvalue weighted by Crippen LogP contribution is -2.50. The van der Waals surface area contributed by atoms with Crippen LogP contribution in [0.4, 0.5) is 22.0 Å². The molecular formula is C23H25FN10O2. The van der Waals surface area contributed by atoms with E-state index in [4.69, 9.17) is 4.74 Å². The molecule has 0 saturated carbocycles. The molecule has 2 N–H and O–H groups in total. The van der Waals surface area contributed by atoms with Gasteiger partial charge in [-0.05, 0) is 26.0 Å². The first-order valence-electron chi connectivity index (χ1n) is 11.4. The van der Waals surface area contributed by atoms with Gasteiger partial charge in [-0.3, -0.25) is 9.89 Å². The number of pyridine rings is 1. The van der Waals surface area contributed by atoms with E-state index in [0.717, 1.165) is 17.6 Å². The van der Waals surface area contributed by atoms with Gasteiger partial charge in [-0.2, -0.15) is 15.2 Å². The number of nitrogens with zero attached hydrogens (tertiary/aromatic N) is 8. The van der Waals surface area contributed by atoms with E-state index in [1.54, 1.807) is 17.0 Å². The summed E-state index contributed by atoms with van der Waals surface area (Å²) in [6.45, 7) is 6.01. The summed E-state index contributed by atoms with van der Waals surface area (Å²) in [7, 11) is 0. The molecule has 5 heterocycles. The molecule has 1 saturated heterocycles. The number of H-pyrrole nitrogens is 1. The number of aryl methyl sites for hydroxylation is 2. The lowest BCUT2D eigenvalue weighted by atomic mass is 10.3. The molecule has 0 bridgehead atoms. The molecule has 1 aliphatic heterocycles. The van der Waals surface area contributed by atoms with E-state index < -0.39 is 5.82 Å². The summed E-state index contributed by atoms with van der Waals surface area (Å²) in [4.78, 5) is 29.9. The van der Waals surface area contributed by atoms with Gasteiger partial charge in [0.25, 0.3) is 5.91 Å². The second-order valence-corrected chi connectivity index (χ2v) is 8.37. The highest BCUT2D eigenvalue weighted by Crippen LogP contribution is 2.19. The first-order chi connectivity index (χ1) is 17.4. The third kappa shape index (κ3) is 5.40. The van der Waals surface area contributed by atoms with Gasteiger partial charge in [-0.25, -0.2) is 19.0 Å². The van der Waals surface area contributed by atoms with Crippen molar-refractivity contribution in [3.63, 3.8) is 0 Å². The van der Waals surface area contributed by atoms with Gasteiger partial charge < -0.3 is 19.9 Å². The molecule has 0 unspecified atom stereocenters. The van der Waals surface area contributed by atoms with Crippen LogP contribution in [0.5, 0.6) is 5.75 Å². The SMILES string of the molecule is Cc1cc(Nc2cc(C)[nH]n2)nc(N2CCN(C(=O)COc3ccc(-n4cc(F)cn4)nc3)CC2)n1. The molecule has 0 aliphatic carbocycles. The third-order valence-electron chi connectivity index (χ3n) is 5.59. The summed E-state index contributed by atoms with van der Waals surface area (Å²) in [6.07, 6.45) is 3.81. The van der Waals surface area contributed by atoms with E-state index in [1.807, 2.05) is 26.0 Å². The van der Waals surface area contributed by atoms with Gasteiger partial charge in [0.15, 0.2) is 24.1 Å². The molecular weight excluding hydrogens is 467 g/mol. The highest BCUT2D eigenvalue weighted by Gasteiger charge is 2.23. The predicted octanol–water partition coefficient (Wildman–Crippen LogP) is 2.01. The van der Waals surface area contributed by atoms with Crippen molar-refractivity contribution in [3.05, 3.63) is 60.1 Å². The van der Waals surface area contributed by atoms with Gasteiger partial charge in [-0.15, -0.1) is 0 Å². The maximum absolute atomic E-state index is 13.1. The predicted molar refractivity (Wildman–Crippen MR) is 129 cm³/mol. The zero-order valence-electron chi connectivity index (χ0n) is 19.8. The minimum Gasteiger partial charge on any atom is -0.482 e. The number of rotatable bonds is 7. The van der Waals surface area contributed by atoms with Crippen LogP contribution in [-0.4, -0.2) is 78.5 Å². The number of nitrogens with one attached hydrogen (secondary N) is 2. The van der Waals surface area contributed by atoms with E-state index in [9.17, 15) is 9.18 Å². The fourth-order valence-electron chi connectivity index (χ4n) is 3.78. The number of hydrogen-bond donors (Lipinski definition) is 2. The fourth-order valence-corrected chi connectivity index (χ4v) is 3.78. The Kier molecular flexibility index (Phi) is 6.43. The van der Waals surface area contributed by atoms with Crippen LogP contribution in [-0.2, 0) is 4.79 Å². The largest absolute Gasteiger partial charge is 0.482 e. The number of amides is 1. The maximum atomic E-state index is 13.1. The van der Waals surface area contributed by atoms with Crippen LogP contribution in [0.15, 0.2) is 42.9 Å². The summed E-state index contributed by atoms with van der Waals surface area (Å²) in [5.74, 6) is 2.28. The molecule has 1 aliphatic rings. The summed E-state index contributed by atoms with van der Waals surface area (Å²) in [6, 6.07) is 7.06. The minimum atomic E-state index is -0.446. The van der Waals surface area contributed by atoms with E-state index in [-0.39, 0.29) is 12.5 Å². The molecule has 5 rings (SSSR count). The Balaban J connectivity index is 1.13. The molecule has 186 valence electrons. The number of hydrogen-bond acceptors (Lipinski definition) is 9. The lowest BCUT2D eigenvalue weighted by molar-refractivity contribution is -0.133. The normalized spacial score (nSPS) is 13.6.